The largest absolute Gasteiger partial charge is 0.465 e. The number of H-pyrrole nitrogens is 1. The first kappa shape index (κ1) is 22.6. The second-order valence-electron chi connectivity index (χ2n) is 9.24. The minimum atomic E-state index is -0.355. The van der Waals surface area contributed by atoms with Gasteiger partial charge in [0.1, 0.15) is 5.82 Å². The molecule has 0 aliphatic heterocycles. The van der Waals surface area contributed by atoms with E-state index in [4.69, 9.17) is 21.9 Å². The van der Waals surface area contributed by atoms with Crippen molar-refractivity contribution >= 4 is 40.3 Å². The van der Waals surface area contributed by atoms with Crippen LogP contribution in [0.3, 0.4) is 0 Å². The lowest BCUT2D eigenvalue weighted by atomic mass is 9.97. The molecule has 0 saturated heterocycles. The summed E-state index contributed by atoms with van der Waals surface area (Å²) in [7, 11) is 1.40. The molecule has 0 radical (unpaired) electrons. The quantitative estimate of drug-likeness (QED) is 0.186. The average Bonchev–Trinajstić information content (AvgIpc) is 3.38. The summed E-state index contributed by atoms with van der Waals surface area (Å²) in [5.74, 6) is 0.536. The number of fused-ring (bicyclic) bond motifs is 2. The molecule has 2 aromatic carbocycles. The first-order valence-corrected chi connectivity index (χ1v) is 12.4. The molecule has 0 bridgehead atoms. The number of hydrogen-bond donors (Lipinski definition) is 1. The van der Waals surface area contributed by atoms with Crippen LogP contribution >= 0.6 is 12.2 Å². The monoisotopic (exact) mass is 474 g/mol. The highest BCUT2D eigenvalue weighted by molar-refractivity contribution is 7.71. The van der Waals surface area contributed by atoms with E-state index in [1.807, 2.05) is 24.3 Å². The molecule has 0 saturated carbocycles. The van der Waals surface area contributed by atoms with Gasteiger partial charge in [-0.1, -0.05) is 17.7 Å². The standard InChI is InChI=1S/C27H30N4O2S/c1-17(2)31-24-20(10-7-11-21(24)29-27(31)34)25-28-22-16-19(26(32)33-3)12-13-23(22)30(25)15-14-18-8-5-4-6-9-18/h7-8,10-13,16-17H,4-6,9,14-15H2,1-3H3,(H,29,34). The van der Waals surface area contributed by atoms with Crippen molar-refractivity contribution in [1.29, 1.82) is 0 Å². The summed E-state index contributed by atoms with van der Waals surface area (Å²) in [6.07, 6.45) is 8.30. The van der Waals surface area contributed by atoms with Crippen LogP contribution in [0.5, 0.6) is 0 Å². The van der Waals surface area contributed by atoms with Crippen molar-refractivity contribution in [2.24, 2.45) is 0 Å². The van der Waals surface area contributed by atoms with Crippen molar-refractivity contribution in [2.45, 2.75) is 58.5 Å². The van der Waals surface area contributed by atoms with E-state index in [0.717, 1.165) is 46.4 Å². The number of para-hydroxylation sites is 1. The van der Waals surface area contributed by atoms with Crippen LogP contribution in [-0.2, 0) is 11.3 Å². The van der Waals surface area contributed by atoms with Gasteiger partial charge >= 0.3 is 5.97 Å². The lowest BCUT2D eigenvalue weighted by Gasteiger charge is -2.16. The van der Waals surface area contributed by atoms with Gasteiger partial charge in [-0.05, 0) is 88.5 Å². The number of methoxy groups -OCH3 is 1. The summed E-state index contributed by atoms with van der Waals surface area (Å²) in [5.41, 5.74) is 6.93. The van der Waals surface area contributed by atoms with Crippen LogP contribution in [0.1, 0.15) is 62.4 Å². The molecular formula is C27H30N4O2S. The molecule has 7 heteroatoms. The van der Waals surface area contributed by atoms with Gasteiger partial charge in [0.2, 0.25) is 0 Å². The maximum atomic E-state index is 12.2. The van der Waals surface area contributed by atoms with Crippen LogP contribution in [0, 0.1) is 4.77 Å². The van der Waals surface area contributed by atoms with E-state index < -0.39 is 0 Å². The molecule has 6 nitrogen and oxygen atoms in total. The molecule has 0 unspecified atom stereocenters. The Balaban J connectivity index is 1.71. The summed E-state index contributed by atoms with van der Waals surface area (Å²) in [4.78, 5) is 20.6. The molecule has 0 amide bonds. The molecule has 0 atom stereocenters. The van der Waals surface area contributed by atoms with Gasteiger partial charge in [0.25, 0.3) is 0 Å². The average molecular weight is 475 g/mol. The predicted molar refractivity (Wildman–Crippen MR) is 139 cm³/mol. The molecule has 2 aromatic heterocycles. The van der Waals surface area contributed by atoms with Crippen molar-refractivity contribution in [3.8, 4) is 11.4 Å². The third kappa shape index (κ3) is 3.98. The Kier molecular flexibility index (Phi) is 6.13. The summed E-state index contributed by atoms with van der Waals surface area (Å²) in [5, 5.41) is 0. The van der Waals surface area contributed by atoms with E-state index in [1.54, 1.807) is 0 Å². The number of nitrogens with one attached hydrogen (secondary N) is 1. The van der Waals surface area contributed by atoms with Crippen LogP contribution in [0.2, 0.25) is 0 Å². The Morgan fingerprint density at radius 3 is 2.82 bits per heavy atom. The third-order valence-corrected chi connectivity index (χ3v) is 7.00. The Hall–Kier alpha value is -3.19. The van der Waals surface area contributed by atoms with Crippen molar-refractivity contribution in [3.63, 3.8) is 0 Å². The lowest BCUT2D eigenvalue weighted by Crippen LogP contribution is -2.06. The number of allylic oxidation sites excluding steroid dienone is 2. The highest BCUT2D eigenvalue weighted by atomic mass is 32.1. The van der Waals surface area contributed by atoms with Gasteiger partial charge in [-0.25, -0.2) is 9.78 Å². The number of carbonyl (C=O) groups excluding carboxylic acids is 1. The van der Waals surface area contributed by atoms with Gasteiger partial charge in [0.15, 0.2) is 4.77 Å². The Morgan fingerprint density at radius 2 is 2.09 bits per heavy atom. The van der Waals surface area contributed by atoms with E-state index in [1.165, 1.54) is 38.4 Å². The fourth-order valence-electron chi connectivity index (χ4n) is 5.05. The molecular weight excluding hydrogens is 444 g/mol. The number of imidazole rings is 2. The van der Waals surface area contributed by atoms with Crippen LogP contribution in [0.25, 0.3) is 33.5 Å². The summed E-state index contributed by atoms with van der Waals surface area (Å²) in [6, 6.07) is 12.1. The molecule has 2 heterocycles. The summed E-state index contributed by atoms with van der Waals surface area (Å²) < 4.78 is 10.1. The zero-order valence-corrected chi connectivity index (χ0v) is 20.7. The number of benzene rings is 2. The van der Waals surface area contributed by atoms with Crippen LogP contribution < -0.4 is 0 Å². The Morgan fingerprint density at radius 1 is 1.24 bits per heavy atom. The SMILES string of the molecule is COC(=O)c1ccc2c(c1)nc(-c1cccc3[nH]c(=S)n(C(C)C)c13)n2CCC1=CCCCC1. The minimum Gasteiger partial charge on any atom is -0.465 e. The van der Waals surface area contributed by atoms with Crippen LogP contribution in [-0.4, -0.2) is 32.2 Å². The number of hydrogen-bond acceptors (Lipinski definition) is 4. The van der Waals surface area contributed by atoms with E-state index in [0.29, 0.717) is 10.3 Å². The van der Waals surface area contributed by atoms with Crippen molar-refractivity contribution in [3.05, 3.63) is 58.4 Å². The number of rotatable bonds is 6. The smallest absolute Gasteiger partial charge is 0.337 e. The molecule has 0 spiro atoms. The normalized spacial score (nSPS) is 14.2. The molecule has 1 aliphatic rings. The Labute approximate surface area is 204 Å². The molecule has 1 aliphatic carbocycles. The van der Waals surface area contributed by atoms with Gasteiger partial charge in [-0.2, -0.15) is 0 Å². The number of nitrogens with zero attached hydrogens (tertiary/aromatic N) is 3. The minimum absolute atomic E-state index is 0.207. The number of carbonyl (C=O) groups is 1. The number of aryl methyl sites for hydroxylation is 1. The van der Waals surface area contributed by atoms with Crippen LogP contribution in [0.15, 0.2) is 48.0 Å². The van der Waals surface area contributed by atoms with Gasteiger partial charge in [0.05, 0.1) is 34.7 Å². The van der Waals surface area contributed by atoms with Gasteiger partial charge < -0.3 is 18.9 Å². The zero-order chi connectivity index (χ0) is 23.8. The van der Waals surface area contributed by atoms with Gasteiger partial charge in [0, 0.05) is 18.2 Å². The zero-order valence-electron chi connectivity index (χ0n) is 19.9. The van der Waals surface area contributed by atoms with Crippen molar-refractivity contribution < 1.29 is 9.53 Å². The number of aromatic nitrogens is 4. The van der Waals surface area contributed by atoms with Gasteiger partial charge in [-0.3, -0.25) is 0 Å². The van der Waals surface area contributed by atoms with E-state index in [2.05, 4.69) is 46.2 Å². The number of aromatic amines is 1. The molecule has 5 rings (SSSR count). The van der Waals surface area contributed by atoms with Crippen LogP contribution in [0.4, 0.5) is 0 Å². The summed E-state index contributed by atoms with van der Waals surface area (Å²) >= 11 is 5.65. The molecule has 4 aromatic rings. The second-order valence-corrected chi connectivity index (χ2v) is 9.62. The number of ether oxygens (including phenoxy) is 1. The molecule has 34 heavy (non-hydrogen) atoms. The van der Waals surface area contributed by atoms with Crippen molar-refractivity contribution in [1.82, 2.24) is 19.1 Å². The van der Waals surface area contributed by atoms with E-state index in [-0.39, 0.29) is 12.0 Å². The summed E-state index contributed by atoms with van der Waals surface area (Å²) in [6.45, 7) is 5.11. The third-order valence-electron chi connectivity index (χ3n) is 6.71. The predicted octanol–water partition coefficient (Wildman–Crippen LogP) is 6.97. The molecule has 176 valence electrons. The van der Waals surface area contributed by atoms with E-state index in [9.17, 15) is 4.79 Å². The van der Waals surface area contributed by atoms with Gasteiger partial charge in [-0.15, -0.1) is 0 Å². The fourth-order valence-corrected chi connectivity index (χ4v) is 5.46. The topological polar surface area (TPSA) is 64.8 Å². The van der Waals surface area contributed by atoms with E-state index >= 15 is 0 Å². The highest BCUT2D eigenvalue weighted by Crippen LogP contribution is 2.34. The number of esters is 1. The lowest BCUT2D eigenvalue weighted by molar-refractivity contribution is 0.0601. The Bertz CT molecular complexity index is 1470. The second kappa shape index (κ2) is 9.22. The molecule has 1 N–H and O–H groups in total. The first-order chi connectivity index (χ1) is 16.5. The highest BCUT2D eigenvalue weighted by Gasteiger charge is 2.20. The fraction of sp³-hybridized carbons (Fsp3) is 0.370. The maximum Gasteiger partial charge on any atom is 0.337 e. The molecule has 0 fully saturated rings. The van der Waals surface area contributed by atoms with Crippen molar-refractivity contribution in [2.75, 3.05) is 7.11 Å². The maximum absolute atomic E-state index is 12.2. The first-order valence-electron chi connectivity index (χ1n) is 12.0.